The van der Waals surface area contributed by atoms with Gasteiger partial charge >= 0.3 is 0 Å². The molecule has 0 aliphatic rings. The molecule has 1 aromatic carbocycles. The van der Waals surface area contributed by atoms with E-state index in [4.69, 9.17) is 5.41 Å². The second-order valence-electron chi connectivity index (χ2n) is 5.35. The van der Waals surface area contributed by atoms with Gasteiger partial charge in [-0.2, -0.15) is 0 Å². The molecule has 0 aliphatic heterocycles. The van der Waals surface area contributed by atoms with Crippen LogP contribution in [0.4, 0.5) is 11.4 Å². The predicted molar refractivity (Wildman–Crippen MR) is 104 cm³/mol. The van der Waals surface area contributed by atoms with Gasteiger partial charge < -0.3 is 15.6 Å². The van der Waals surface area contributed by atoms with E-state index in [-0.39, 0.29) is 5.91 Å². The summed E-state index contributed by atoms with van der Waals surface area (Å²) in [5.41, 5.74) is 2.25. The van der Waals surface area contributed by atoms with Crippen LogP contribution in [0.3, 0.4) is 0 Å². The SMILES string of the molecule is CN(C)c1ccnc2sc(C(=O)Nc3ccc(Br)cc3)c(C=N)c12. The zero-order valence-electron chi connectivity index (χ0n) is 13.1. The molecule has 0 bridgehead atoms. The first-order valence-corrected chi connectivity index (χ1v) is 8.78. The van der Waals surface area contributed by atoms with Gasteiger partial charge in [0.15, 0.2) is 0 Å². The van der Waals surface area contributed by atoms with Crippen LogP contribution in [0.5, 0.6) is 0 Å². The molecule has 24 heavy (non-hydrogen) atoms. The number of halogens is 1. The van der Waals surface area contributed by atoms with E-state index in [0.29, 0.717) is 16.1 Å². The van der Waals surface area contributed by atoms with E-state index >= 15 is 0 Å². The molecule has 3 aromatic rings. The molecule has 5 nitrogen and oxygen atoms in total. The van der Waals surface area contributed by atoms with Gasteiger partial charge in [0.2, 0.25) is 0 Å². The van der Waals surface area contributed by atoms with Crippen LogP contribution in [0.15, 0.2) is 41.0 Å². The van der Waals surface area contributed by atoms with E-state index in [2.05, 4.69) is 26.2 Å². The van der Waals surface area contributed by atoms with Crippen molar-refractivity contribution >= 4 is 61.0 Å². The quantitative estimate of drug-likeness (QED) is 0.636. The number of amides is 1. The number of anilines is 2. The molecule has 0 spiro atoms. The van der Waals surface area contributed by atoms with Crippen LogP contribution in [0, 0.1) is 5.41 Å². The van der Waals surface area contributed by atoms with Crippen molar-refractivity contribution in [2.45, 2.75) is 0 Å². The summed E-state index contributed by atoms with van der Waals surface area (Å²) in [6.07, 6.45) is 2.95. The molecule has 3 rings (SSSR count). The molecule has 0 aliphatic carbocycles. The molecule has 0 fully saturated rings. The predicted octanol–water partition coefficient (Wildman–Crippen LogP) is 4.37. The molecule has 2 N–H and O–H groups in total. The smallest absolute Gasteiger partial charge is 0.266 e. The minimum Gasteiger partial charge on any atom is -0.377 e. The highest BCUT2D eigenvalue weighted by Crippen LogP contribution is 2.35. The molecule has 2 heterocycles. The Balaban J connectivity index is 2.05. The third-order valence-electron chi connectivity index (χ3n) is 3.54. The summed E-state index contributed by atoms with van der Waals surface area (Å²) >= 11 is 4.67. The fourth-order valence-corrected chi connectivity index (χ4v) is 3.73. The van der Waals surface area contributed by atoms with Crippen molar-refractivity contribution in [3.63, 3.8) is 0 Å². The molecule has 0 saturated carbocycles. The summed E-state index contributed by atoms with van der Waals surface area (Å²) in [6, 6.07) is 9.26. The first-order chi connectivity index (χ1) is 11.5. The van der Waals surface area contributed by atoms with Gasteiger partial charge in [-0.15, -0.1) is 11.3 Å². The van der Waals surface area contributed by atoms with Crippen LogP contribution in [-0.4, -0.2) is 31.2 Å². The lowest BCUT2D eigenvalue weighted by Gasteiger charge is -2.13. The lowest BCUT2D eigenvalue weighted by Crippen LogP contribution is -2.12. The Bertz CT molecular complexity index is 918. The van der Waals surface area contributed by atoms with Gasteiger partial charge in [0.25, 0.3) is 5.91 Å². The second-order valence-corrected chi connectivity index (χ2v) is 7.27. The topological polar surface area (TPSA) is 69.1 Å². The Morgan fingerprint density at radius 3 is 2.62 bits per heavy atom. The number of hydrogen-bond acceptors (Lipinski definition) is 5. The number of nitrogens with one attached hydrogen (secondary N) is 2. The van der Waals surface area contributed by atoms with Crippen LogP contribution < -0.4 is 10.2 Å². The number of aromatic nitrogens is 1. The summed E-state index contributed by atoms with van der Waals surface area (Å²) in [4.78, 5) is 20.2. The van der Waals surface area contributed by atoms with Crippen LogP contribution in [-0.2, 0) is 0 Å². The Morgan fingerprint density at radius 1 is 1.29 bits per heavy atom. The van der Waals surface area contributed by atoms with Crippen LogP contribution in [0.1, 0.15) is 15.2 Å². The Morgan fingerprint density at radius 2 is 2.00 bits per heavy atom. The fraction of sp³-hybridized carbons (Fsp3) is 0.118. The summed E-state index contributed by atoms with van der Waals surface area (Å²) in [5, 5.41) is 11.5. The molecule has 1 amide bonds. The van der Waals surface area contributed by atoms with E-state index in [1.54, 1.807) is 6.20 Å². The van der Waals surface area contributed by atoms with Gasteiger partial charge in [-0.3, -0.25) is 4.79 Å². The number of hydrogen-bond donors (Lipinski definition) is 2. The highest BCUT2D eigenvalue weighted by atomic mass is 79.9. The van der Waals surface area contributed by atoms with E-state index in [9.17, 15) is 4.79 Å². The van der Waals surface area contributed by atoms with E-state index in [0.717, 1.165) is 20.4 Å². The zero-order valence-corrected chi connectivity index (χ0v) is 15.5. The molecule has 0 unspecified atom stereocenters. The van der Waals surface area contributed by atoms with Crippen molar-refractivity contribution in [3.05, 3.63) is 51.4 Å². The third-order valence-corrected chi connectivity index (χ3v) is 5.18. The number of benzene rings is 1. The third kappa shape index (κ3) is 3.05. The van der Waals surface area contributed by atoms with Crippen LogP contribution >= 0.6 is 27.3 Å². The number of pyridine rings is 1. The largest absolute Gasteiger partial charge is 0.377 e. The van der Waals surface area contributed by atoms with Crippen molar-refractivity contribution in [2.75, 3.05) is 24.3 Å². The van der Waals surface area contributed by atoms with Crippen LogP contribution in [0.25, 0.3) is 10.2 Å². The van der Waals surface area contributed by atoms with Crippen molar-refractivity contribution in [2.24, 2.45) is 0 Å². The number of carbonyl (C=O) groups is 1. The Hall–Kier alpha value is -2.25. The van der Waals surface area contributed by atoms with Gasteiger partial charge in [-0.25, -0.2) is 4.98 Å². The van der Waals surface area contributed by atoms with E-state index < -0.39 is 0 Å². The van der Waals surface area contributed by atoms with Gasteiger partial charge in [-0.1, -0.05) is 15.9 Å². The first-order valence-electron chi connectivity index (χ1n) is 7.17. The Labute approximate surface area is 152 Å². The minimum atomic E-state index is -0.233. The molecule has 0 saturated heterocycles. The molecule has 0 atom stereocenters. The van der Waals surface area contributed by atoms with Crippen molar-refractivity contribution < 1.29 is 4.79 Å². The standard InChI is InChI=1S/C17H15BrN4OS/c1-22(2)13-7-8-20-17-14(13)12(9-19)15(24-17)16(23)21-11-5-3-10(18)4-6-11/h3-9,19H,1-2H3,(H,21,23). The average Bonchev–Trinajstić information content (AvgIpc) is 2.95. The van der Waals surface area contributed by atoms with Gasteiger partial charge in [0.05, 0.1) is 0 Å². The maximum atomic E-state index is 12.7. The van der Waals surface area contributed by atoms with Crippen molar-refractivity contribution in [3.8, 4) is 0 Å². The molecule has 7 heteroatoms. The number of fused-ring (bicyclic) bond motifs is 1. The summed E-state index contributed by atoms with van der Waals surface area (Å²) < 4.78 is 0.947. The number of thiophene rings is 1. The highest BCUT2D eigenvalue weighted by Gasteiger charge is 2.20. The van der Waals surface area contributed by atoms with Crippen molar-refractivity contribution in [1.29, 1.82) is 5.41 Å². The summed E-state index contributed by atoms with van der Waals surface area (Å²) in [5.74, 6) is -0.233. The lowest BCUT2D eigenvalue weighted by atomic mass is 10.1. The minimum absolute atomic E-state index is 0.233. The molecular formula is C17H15BrN4OS. The highest BCUT2D eigenvalue weighted by molar-refractivity contribution is 9.10. The Kier molecular flexibility index (Phi) is 4.64. The molecular weight excluding hydrogens is 388 g/mol. The summed E-state index contributed by atoms with van der Waals surface area (Å²) in [6.45, 7) is 0. The van der Waals surface area contributed by atoms with Crippen molar-refractivity contribution in [1.82, 2.24) is 4.98 Å². The molecule has 0 radical (unpaired) electrons. The van der Waals surface area contributed by atoms with Gasteiger partial charge in [-0.05, 0) is 30.3 Å². The normalized spacial score (nSPS) is 10.6. The maximum absolute atomic E-state index is 12.7. The number of carbonyl (C=O) groups excluding carboxylic acids is 1. The molecule has 2 aromatic heterocycles. The summed E-state index contributed by atoms with van der Waals surface area (Å²) in [7, 11) is 3.86. The van der Waals surface area contributed by atoms with Gasteiger partial charge in [0.1, 0.15) is 9.71 Å². The number of rotatable bonds is 4. The monoisotopic (exact) mass is 402 g/mol. The van der Waals surface area contributed by atoms with E-state index in [1.807, 2.05) is 49.3 Å². The van der Waals surface area contributed by atoms with E-state index in [1.165, 1.54) is 17.6 Å². The lowest BCUT2D eigenvalue weighted by molar-refractivity contribution is 0.103. The number of nitrogens with zero attached hydrogens (tertiary/aromatic N) is 2. The first kappa shape index (κ1) is 16.6. The van der Waals surface area contributed by atoms with Crippen LogP contribution in [0.2, 0.25) is 0 Å². The maximum Gasteiger partial charge on any atom is 0.266 e. The average molecular weight is 403 g/mol. The fourth-order valence-electron chi connectivity index (χ4n) is 2.43. The molecule has 122 valence electrons. The zero-order chi connectivity index (χ0) is 17.3. The van der Waals surface area contributed by atoms with Gasteiger partial charge in [0, 0.05) is 53.3 Å². The second kappa shape index (κ2) is 6.70.